The van der Waals surface area contributed by atoms with Crippen LogP contribution in [0.25, 0.3) is 0 Å². The number of hydrogen-bond acceptors (Lipinski definition) is 3. The minimum atomic E-state index is -0.393. The van der Waals surface area contributed by atoms with Crippen LogP contribution in [-0.4, -0.2) is 18.7 Å². The van der Waals surface area contributed by atoms with Crippen LogP contribution in [0.4, 0.5) is 10.1 Å². The number of amides is 1. The Labute approximate surface area is 135 Å². The highest BCUT2D eigenvalue weighted by Crippen LogP contribution is 2.21. The van der Waals surface area contributed by atoms with Gasteiger partial charge in [-0.1, -0.05) is 41.1 Å². The molecule has 23 heavy (non-hydrogen) atoms. The van der Waals surface area contributed by atoms with Crippen LogP contribution in [0.3, 0.4) is 0 Å². The highest BCUT2D eigenvalue weighted by atomic mass is 19.1. The van der Waals surface area contributed by atoms with E-state index < -0.39 is 5.82 Å². The molecule has 0 saturated heterocycles. The lowest BCUT2D eigenvalue weighted by molar-refractivity contribution is -0.120. The molecule has 0 aliphatic carbocycles. The standard InChI is InChI=1S/C18H19FN2O2/c1-12-8-13(2)18(14(3)9-12)21-17(22)11-23-20-10-15-6-4-5-7-16(15)19/h4-10H,11H2,1-3H3,(H,21,22)/b20-10-. The predicted octanol–water partition coefficient (Wildman–Crippen LogP) is 3.74. The lowest BCUT2D eigenvalue weighted by Gasteiger charge is -2.12. The number of aryl methyl sites for hydroxylation is 3. The van der Waals surface area contributed by atoms with Crippen molar-refractivity contribution in [1.82, 2.24) is 0 Å². The molecular weight excluding hydrogens is 295 g/mol. The second kappa shape index (κ2) is 7.54. The molecule has 0 radical (unpaired) electrons. The van der Waals surface area contributed by atoms with Crippen molar-refractivity contribution in [3.8, 4) is 0 Å². The van der Waals surface area contributed by atoms with Crippen LogP contribution >= 0.6 is 0 Å². The zero-order valence-corrected chi connectivity index (χ0v) is 13.4. The first-order chi connectivity index (χ1) is 11.0. The summed E-state index contributed by atoms with van der Waals surface area (Å²) < 4.78 is 13.4. The number of nitrogens with zero attached hydrogens (tertiary/aromatic N) is 1. The Balaban J connectivity index is 1.90. The van der Waals surface area contributed by atoms with Crippen molar-refractivity contribution in [2.24, 2.45) is 5.16 Å². The number of carbonyl (C=O) groups excluding carboxylic acids is 1. The largest absolute Gasteiger partial charge is 0.386 e. The number of hydrogen-bond donors (Lipinski definition) is 1. The summed E-state index contributed by atoms with van der Waals surface area (Å²) in [5, 5.41) is 6.42. The fourth-order valence-corrected chi connectivity index (χ4v) is 2.32. The van der Waals surface area contributed by atoms with Crippen LogP contribution in [0.1, 0.15) is 22.3 Å². The number of nitrogens with one attached hydrogen (secondary N) is 1. The monoisotopic (exact) mass is 314 g/mol. The number of carbonyl (C=O) groups is 1. The third-order valence-corrected chi connectivity index (χ3v) is 3.31. The molecule has 0 aromatic heterocycles. The molecule has 0 fully saturated rings. The molecular formula is C18H19FN2O2. The summed E-state index contributed by atoms with van der Waals surface area (Å²) in [4.78, 5) is 16.8. The quantitative estimate of drug-likeness (QED) is 0.675. The van der Waals surface area contributed by atoms with Crippen LogP contribution in [0, 0.1) is 26.6 Å². The van der Waals surface area contributed by atoms with Crippen LogP contribution in [0.15, 0.2) is 41.6 Å². The molecule has 0 atom stereocenters. The number of halogens is 1. The Kier molecular flexibility index (Phi) is 5.46. The van der Waals surface area contributed by atoms with Gasteiger partial charge >= 0.3 is 0 Å². The third-order valence-electron chi connectivity index (χ3n) is 3.31. The van der Waals surface area contributed by atoms with Gasteiger partial charge in [-0.15, -0.1) is 0 Å². The average molecular weight is 314 g/mol. The van der Waals surface area contributed by atoms with E-state index in [1.54, 1.807) is 18.2 Å². The molecule has 2 rings (SSSR count). The highest BCUT2D eigenvalue weighted by Gasteiger charge is 2.08. The van der Waals surface area contributed by atoms with Gasteiger partial charge in [0.1, 0.15) is 5.82 Å². The molecule has 0 bridgehead atoms. The molecule has 0 heterocycles. The van der Waals surface area contributed by atoms with E-state index in [1.165, 1.54) is 12.3 Å². The van der Waals surface area contributed by atoms with Crippen molar-refractivity contribution < 1.29 is 14.0 Å². The lowest BCUT2D eigenvalue weighted by atomic mass is 10.1. The molecule has 0 spiro atoms. The summed E-state index contributed by atoms with van der Waals surface area (Å²) in [5.74, 6) is -0.707. The highest BCUT2D eigenvalue weighted by molar-refractivity contribution is 5.93. The van der Waals surface area contributed by atoms with E-state index in [1.807, 2.05) is 32.9 Å². The topological polar surface area (TPSA) is 50.7 Å². The minimum absolute atomic E-state index is 0.238. The first-order valence-electron chi connectivity index (χ1n) is 7.25. The van der Waals surface area contributed by atoms with Crippen molar-refractivity contribution in [3.05, 3.63) is 64.5 Å². The molecule has 1 N–H and O–H groups in total. The summed E-state index contributed by atoms with van der Waals surface area (Å²) in [6.07, 6.45) is 1.24. The van der Waals surface area contributed by atoms with Gasteiger partial charge in [-0.2, -0.15) is 0 Å². The van der Waals surface area contributed by atoms with Crippen LogP contribution in [0.2, 0.25) is 0 Å². The Morgan fingerprint density at radius 2 is 1.87 bits per heavy atom. The molecule has 0 unspecified atom stereocenters. The molecule has 120 valence electrons. The number of rotatable bonds is 5. The first-order valence-corrected chi connectivity index (χ1v) is 7.25. The van der Waals surface area contributed by atoms with Crippen molar-refractivity contribution >= 4 is 17.8 Å². The molecule has 1 amide bonds. The predicted molar refractivity (Wildman–Crippen MR) is 89.2 cm³/mol. The van der Waals surface area contributed by atoms with Crippen LogP contribution in [-0.2, 0) is 9.63 Å². The summed E-state index contributed by atoms with van der Waals surface area (Å²) in [7, 11) is 0. The summed E-state index contributed by atoms with van der Waals surface area (Å²) >= 11 is 0. The van der Waals surface area contributed by atoms with Crippen molar-refractivity contribution in [2.45, 2.75) is 20.8 Å². The molecule has 0 aliphatic heterocycles. The van der Waals surface area contributed by atoms with E-state index in [-0.39, 0.29) is 12.5 Å². The van der Waals surface area contributed by atoms with Crippen LogP contribution in [0.5, 0.6) is 0 Å². The minimum Gasteiger partial charge on any atom is -0.386 e. The number of anilines is 1. The number of oxime groups is 1. The summed E-state index contributed by atoms with van der Waals surface area (Å²) in [6.45, 7) is 5.64. The van der Waals surface area contributed by atoms with Crippen LogP contribution < -0.4 is 5.32 Å². The molecule has 2 aromatic rings. The van der Waals surface area contributed by atoms with Gasteiger partial charge in [0.2, 0.25) is 0 Å². The fourth-order valence-electron chi connectivity index (χ4n) is 2.32. The van der Waals surface area contributed by atoms with Crippen molar-refractivity contribution in [2.75, 3.05) is 11.9 Å². The molecule has 2 aromatic carbocycles. The van der Waals surface area contributed by atoms with Gasteiger partial charge in [-0.3, -0.25) is 4.79 Å². The van der Waals surface area contributed by atoms with Gasteiger partial charge in [0.15, 0.2) is 6.61 Å². The Hall–Kier alpha value is -2.69. The second-order valence-corrected chi connectivity index (χ2v) is 5.35. The van der Waals surface area contributed by atoms with Gasteiger partial charge in [0.25, 0.3) is 5.91 Å². The normalized spacial score (nSPS) is 10.8. The summed E-state index contributed by atoms with van der Waals surface area (Å²) in [6, 6.07) is 10.2. The van der Waals surface area contributed by atoms with E-state index in [4.69, 9.17) is 4.84 Å². The molecule has 4 nitrogen and oxygen atoms in total. The SMILES string of the molecule is Cc1cc(C)c(NC(=O)CO/N=C\c2ccccc2F)c(C)c1. The summed E-state index contributed by atoms with van der Waals surface area (Å²) in [5.41, 5.74) is 4.21. The Morgan fingerprint density at radius 3 is 2.52 bits per heavy atom. The zero-order valence-electron chi connectivity index (χ0n) is 13.4. The average Bonchev–Trinajstić information content (AvgIpc) is 2.49. The smallest absolute Gasteiger partial charge is 0.265 e. The Morgan fingerprint density at radius 1 is 1.22 bits per heavy atom. The fraction of sp³-hybridized carbons (Fsp3) is 0.222. The maximum atomic E-state index is 13.4. The zero-order chi connectivity index (χ0) is 16.8. The van der Waals surface area contributed by atoms with Crippen molar-refractivity contribution in [3.63, 3.8) is 0 Å². The van der Waals surface area contributed by atoms with E-state index in [0.717, 1.165) is 22.4 Å². The van der Waals surface area contributed by atoms with E-state index in [2.05, 4.69) is 10.5 Å². The number of benzene rings is 2. The van der Waals surface area contributed by atoms with E-state index in [0.29, 0.717) is 5.56 Å². The maximum absolute atomic E-state index is 13.4. The molecule has 5 heteroatoms. The van der Waals surface area contributed by atoms with Gasteiger partial charge in [0, 0.05) is 11.3 Å². The Bertz CT molecular complexity index is 719. The first kappa shape index (κ1) is 16.7. The van der Waals surface area contributed by atoms with Crippen molar-refractivity contribution in [1.29, 1.82) is 0 Å². The second-order valence-electron chi connectivity index (χ2n) is 5.35. The molecule has 0 aliphatic rings. The van der Waals surface area contributed by atoms with E-state index >= 15 is 0 Å². The van der Waals surface area contributed by atoms with Gasteiger partial charge < -0.3 is 10.2 Å². The maximum Gasteiger partial charge on any atom is 0.265 e. The lowest BCUT2D eigenvalue weighted by Crippen LogP contribution is -2.18. The van der Waals surface area contributed by atoms with E-state index in [9.17, 15) is 9.18 Å². The van der Waals surface area contributed by atoms with Gasteiger partial charge in [-0.25, -0.2) is 4.39 Å². The third kappa shape index (κ3) is 4.64. The molecule has 0 saturated carbocycles. The van der Waals surface area contributed by atoms with Gasteiger partial charge in [0.05, 0.1) is 6.21 Å². The van der Waals surface area contributed by atoms with Gasteiger partial charge in [-0.05, 0) is 38.0 Å².